The summed E-state index contributed by atoms with van der Waals surface area (Å²) in [6, 6.07) is 14.2. The molecule has 7 heteroatoms. The molecule has 1 aliphatic rings. The van der Waals surface area contributed by atoms with Crippen molar-refractivity contribution in [2.45, 2.75) is 51.6 Å². The Hall–Kier alpha value is -3.35. The summed E-state index contributed by atoms with van der Waals surface area (Å²) in [4.78, 5) is 36.4. The number of carboxylic acid groups (broad SMARTS) is 1. The van der Waals surface area contributed by atoms with Gasteiger partial charge in [-0.1, -0.05) is 69.3 Å². The zero-order valence-corrected chi connectivity index (χ0v) is 18.6. The lowest BCUT2D eigenvalue weighted by Crippen LogP contribution is -2.51. The van der Waals surface area contributed by atoms with E-state index >= 15 is 0 Å². The van der Waals surface area contributed by atoms with Crippen LogP contribution in [-0.4, -0.2) is 41.8 Å². The minimum atomic E-state index is -1.09. The normalized spacial score (nSPS) is 14.2. The number of carbonyl (C=O) groups is 3. The number of fused-ring (bicyclic) bond motifs is 3. The Morgan fingerprint density at radius 3 is 2.00 bits per heavy atom. The van der Waals surface area contributed by atoms with E-state index in [0.717, 1.165) is 22.3 Å². The smallest absolute Gasteiger partial charge is 0.407 e. The van der Waals surface area contributed by atoms with E-state index < -0.39 is 30.1 Å². The Kier molecular flexibility index (Phi) is 7.51. The zero-order chi connectivity index (χ0) is 23.3. The van der Waals surface area contributed by atoms with Gasteiger partial charge in [-0.3, -0.25) is 4.79 Å². The van der Waals surface area contributed by atoms with E-state index in [1.807, 2.05) is 50.2 Å². The van der Waals surface area contributed by atoms with Crippen LogP contribution < -0.4 is 10.6 Å². The van der Waals surface area contributed by atoms with Crippen LogP contribution in [0, 0.1) is 5.92 Å². The second kappa shape index (κ2) is 10.3. The molecule has 0 fully saturated rings. The molecule has 0 saturated heterocycles. The summed E-state index contributed by atoms with van der Waals surface area (Å²) < 4.78 is 5.49. The maximum atomic E-state index is 12.5. The van der Waals surface area contributed by atoms with Crippen LogP contribution >= 0.6 is 0 Å². The van der Waals surface area contributed by atoms with Crippen molar-refractivity contribution in [3.05, 3.63) is 59.7 Å². The first-order chi connectivity index (χ1) is 15.3. The van der Waals surface area contributed by atoms with Gasteiger partial charge in [-0.05, 0) is 41.0 Å². The molecule has 3 N–H and O–H groups in total. The van der Waals surface area contributed by atoms with Crippen molar-refractivity contribution in [1.29, 1.82) is 0 Å². The fourth-order valence-corrected chi connectivity index (χ4v) is 4.10. The van der Waals surface area contributed by atoms with Crippen LogP contribution in [-0.2, 0) is 14.3 Å². The van der Waals surface area contributed by atoms with Crippen molar-refractivity contribution in [3.8, 4) is 11.1 Å². The number of hydrogen-bond donors (Lipinski definition) is 3. The largest absolute Gasteiger partial charge is 0.480 e. The van der Waals surface area contributed by atoms with Crippen LogP contribution in [0.15, 0.2) is 48.5 Å². The van der Waals surface area contributed by atoms with Gasteiger partial charge >= 0.3 is 12.1 Å². The molecule has 0 bridgehead atoms. The van der Waals surface area contributed by atoms with Gasteiger partial charge in [0.2, 0.25) is 5.91 Å². The molecule has 0 unspecified atom stereocenters. The number of aliphatic carboxylic acids is 1. The average molecular weight is 439 g/mol. The lowest BCUT2D eigenvalue weighted by atomic mass is 9.98. The van der Waals surface area contributed by atoms with Crippen molar-refractivity contribution in [2.75, 3.05) is 6.61 Å². The first-order valence-electron chi connectivity index (χ1n) is 11.0. The predicted molar refractivity (Wildman–Crippen MR) is 121 cm³/mol. The van der Waals surface area contributed by atoms with Gasteiger partial charge < -0.3 is 20.5 Å². The Labute approximate surface area is 188 Å². The molecule has 3 rings (SSSR count). The fourth-order valence-electron chi connectivity index (χ4n) is 4.10. The summed E-state index contributed by atoms with van der Waals surface area (Å²) in [5.74, 6) is -1.60. The highest BCUT2D eigenvalue weighted by molar-refractivity contribution is 5.89. The Morgan fingerprint density at radius 2 is 1.50 bits per heavy atom. The summed E-state index contributed by atoms with van der Waals surface area (Å²) in [7, 11) is 0. The number of nitrogens with one attached hydrogen (secondary N) is 2. The molecule has 0 aromatic heterocycles. The van der Waals surface area contributed by atoms with Crippen LogP contribution in [0.1, 0.15) is 50.7 Å². The van der Waals surface area contributed by atoms with E-state index in [1.54, 1.807) is 6.92 Å². The molecule has 0 radical (unpaired) electrons. The van der Waals surface area contributed by atoms with Gasteiger partial charge in [-0.2, -0.15) is 0 Å². The standard InChI is InChI=1S/C25H30N2O5/c1-4-21(23(28)26-22(24(29)30)13-15(2)3)27-25(31)32-14-20-18-11-7-5-9-16(18)17-10-6-8-12-19(17)20/h5-12,15,20-22H,4,13-14H2,1-3H3,(H,26,28)(H,27,31)(H,29,30)/t21-,22+/m1/s1. The third-order valence-electron chi connectivity index (χ3n) is 5.68. The highest BCUT2D eigenvalue weighted by Crippen LogP contribution is 2.44. The number of hydrogen-bond acceptors (Lipinski definition) is 4. The molecule has 2 atom stereocenters. The van der Waals surface area contributed by atoms with Gasteiger partial charge in [0.1, 0.15) is 18.7 Å². The van der Waals surface area contributed by atoms with Crippen LogP contribution in [0.3, 0.4) is 0 Å². The quantitative estimate of drug-likeness (QED) is 0.550. The molecular weight excluding hydrogens is 408 g/mol. The number of benzene rings is 2. The monoisotopic (exact) mass is 438 g/mol. The third kappa shape index (κ3) is 5.28. The second-order valence-corrected chi connectivity index (χ2v) is 8.46. The Bertz CT molecular complexity index is 942. The molecule has 0 spiro atoms. The number of carbonyl (C=O) groups excluding carboxylic acids is 2. The Balaban J connectivity index is 1.61. The number of ether oxygens (including phenoxy) is 1. The predicted octanol–water partition coefficient (Wildman–Crippen LogP) is 3.92. The highest BCUT2D eigenvalue weighted by atomic mass is 16.5. The summed E-state index contributed by atoms with van der Waals surface area (Å²) in [5, 5.41) is 14.4. The molecule has 170 valence electrons. The summed E-state index contributed by atoms with van der Waals surface area (Å²) in [5.41, 5.74) is 4.47. The van der Waals surface area contributed by atoms with Crippen molar-refractivity contribution < 1.29 is 24.2 Å². The summed E-state index contributed by atoms with van der Waals surface area (Å²) in [6.07, 6.45) is -0.0865. The van der Waals surface area contributed by atoms with E-state index in [2.05, 4.69) is 22.8 Å². The first-order valence-corrected chi connectivity index (χ1v) is 11.0. The minimum absolute atomic E-state index is 0.0792. The van der Waals surface area contributed by atoms with Crippen molar-refractivity contribution in [2.24, 2.45) is 5.92 Å². The number of alkyl carbamates (subject to hydrolysis) is 1. The van der Waals surface area contributed by atoms with Crippen LogP contribution in [0.25, 0.3) is 11.1 Å². The molecule has 0 heterocycles. The molecule has 2 aromatic rings. The lowest BCUT2D eigenvalue weighted by molar-refractivity contribution is -0.142. The SMILES string of the molecule is CC[C@@H](NC(=O)OCC1c2ccccc2-c2ccccc21)C(=O)N[C@@H](CC(C)C)C(=O)O. The van der Waals surface area contributed by atoms with E-state index in [9.17, 15) is 19.5 Å². The number of amides is 2. The zero-order valence-electron chi connectivity index (χ0n) is 18.6. The Morgan fingerprint density at radius 1 is 0.938 bits per heavy atom. The maximum Gasteiger partial charge on any atom is 0.407 e. The third-order valence-corrected chi connectivity index (χ3v) is 5.68. The minimum Gasteiger partial charge on any atom is -0.480 e. The molecule has 0 saturated carbocycles. The van der Waals surface area contributed by atoms with E-state index in [-0.39, 0.29) is 18.4 Å². The van der Waals surface area contributed by atoms with Crippen molar-refractivity contribution >= 4 is 18.0 Å². The van der Waals surface area contributed by atoms with Crippen molar-refractivity contribution in [3.63, 3.8) is 0 Å². The van der Waals surface area contributed by atoms with Crippen LogP contribution in [0.4, 0.5) is 4.79 Å². The van der Waals surface area contributed by atoms with Gasteiger partial charge in [0.15, 0.2) is 0 Å². The molecule has 0 aliphatic heterocycles. The van der Waals surface area contributed by atoms with Gasteiger partial charge in [0.05, 0.1) is 0 Å². The number of rotatable bonds is 9. The molecule has 32 heavy (non-hydrogen) atoms. The lowest BCUT2D eigenvalue weighted by Gasteiger charge is -2.22. The van der Waals surface area contributed by atoms with Gasteiger partial charge in [0.25, 0.3) is 0 Å². The molecule has 7 nitrogen and oxygen atoms in total. The summed E-state index contributed by atoms with van der Waals surface area (Å²) >= 11 is 0. The van der Waals surface area contributed by atoms with Gasteiger partial charge in [-0.15, -0.1) is 0 Å². The molecule has 2 aromatic carbocycles. The van der Waals surface area contributed by atoms with E-state index in [0.29, 0.717) is 12.8 Å². The summed E-state index contributed by atoms with van der Waals surface area (Å²) in [6.45, 7) is 5.65. The fraction of sp³-hybridized carbons (Fsp3) is 0.400. The van der Waals surface area contributed by atoms with E-state index in [4.69, 9.17) is 4.74 Å². The second-order valence-electron chi connectivity index (χ2n) is 8.46. The van der Waals surface area contributed by atoms with Gasteiger partial charge in [-0.25, -0.2) is 9.59 Å². The molecule has 1 aliphatic carbocycles. The van der Waals surface area contributed by atoms with Crippen LogP contribution in [0.5, 0.6) is 0 Å². The number of carboxylic acids is 1. The highest BCUT2D eigenvalue weighted by Gasteiger charge is 2.30. The topological polar surface area (TPSA) is 105 Å². The van der Waals surface area contributed by atoms with Crippen molar-refractivity contribution in [1.82, 2.24) is 10.6 Å². The first kappa shape index (κ1) is 23.3. The van der Waals surface area contributed by atoms with Crippen LogP contribution in [0.2, 0.25) is 0 Å². The van der Waals surface area contributed by atoms with E-state index in [1.165, 1.54) is 0 Å². The molecular formula is C25H30N2O5. The average Bonchev–Trinajstić information content (AvgIpc) is 3.09. The molecule has 2 amide bonds. The maximum absolute atomic E-state index is 12.5. The van der Waals surface area contributed by atoms with Gasteiger partial charge in [0, 0.05) is 5.92 Å².